The van der Waals surface area contributed by atoms with E-state index in [0.717, 1.165) is 66.3 Å². The minimum absolute atomic E-state index is 0.638. The second-order valence-corrected chi connectivity index (χ2v) is 14.4. The fourth-order valence-corrected chi connectivity index (χ4v) is 8.09. The Kier molecular flexibility index (Phi) is 7.78. The predicted octanol–water partition coefficient (Wildman–Crippen LogP) is 14.1. The van der Waals surface area contributed by atoms with Gasteiger partial charge in [0.15, 0.2) is 17.5 Å². The SMILES string of the molecule is c1ccc(-c2nc(-c3ccccc3)nc(-c3ccc(-c4cccc(-c5ccc6c(c5)oc5c7ccccc7c(-c7cccc8ccccc78)cc65)c4)cc3)n2)cc1. The van der Waals surface area contributed by atoms with Gasteiger partial charge in [0.25, 0.3) is 0 Å². The maximum atomic E-state index is 6.73. The molecule has 0 saturated heterocycles. The van der Waals surface area contributed by atoms with Crippen LogP contribution in [0.5, 0.6) is 0 Å². The quantitative estimate of drug-likeness (QED) is 0.171. The summed E-state index contributed by atoms with van der Waals surface area (Å²) in [6.45, 7) is 0. The first-order valence-electron chi connectivity index (χ1n) is 19.2. The molecule has 0 radical (unpaired) electrons. The summed E-state index contributed by atoms with van der Waals surface area (Å²) in [5.74, 6) is 1.94. The van der Waals surface area contributed by atoms with Crippen LogP contribution >= 0.6 is 0 Å². The second kappa shape index (κ2) is 13.6. The van der Waals surface area contributed by atoms with Crippen LogP contribution in [0.25, 0.3) is 111 Å². The van der Waals surface area contributed by atoms with Crippen LogP contribution in [0.3, 0.4) is 0 Å². The van der Waals surface area contributed by atoms with E-state index in [1.807, 2.05) is 60.7 Å². The summed E-state index contributed by atoms with van der Waals surface area (Å²) in [6.07, 6.45) is 0. The number of aromatic nitrogens is 3. The molecule has 4 nitrogen and oxygen atoms in total. The van der Waals surface area contributed by atoms with Crippen molar-refractivity contribution in [2.45, 2.75) is 0 Å². The van der Waals surface area contributed by atoms with Crippen molar-refractivity contribution in [2.24, 2.45) is 0 Å². The molecule has 0 amide bonds. The van der Waals surface area contributed by atoms with Crippen LogP contribution in [0.4, 0.5) is 0 Å². The van der Waals surface area contributed by atoms with E-state index in [4.69, 9.17) is 19.4 Å². The highest BCUT2D eigenvalue weighted by molar-refractivity contribution is 6.20. The zero-order chi connectivity index (χ0) is 37.7. The monoisotopic (exact) mass is 727 g/mol. The van der Waals surface area contributed by atoms with E-state index in [1.165, 1.54) is 27.3 Å². The van der Waals surface area contributed by atoms with Crippen LogP contribution in [-0.2, 0) is 0 Å². The van der Waals surface area contributed by atoms with E-state index < -0.39 is 0 Å². The van der Waals surface area contributed by atoms with Gasteiger partial charge in [-0.2, -0.15) is 0 Å². The molecule has 0 unspecified atom stereocenters. The average molecular weight is 728 g/mol. The van der Waals surface area contributed by atoms with Crippen LogP contribution in [0, 0.1) is 0 Å². The smallest absolute Gasteiger partial charge is 0.164 e. The summed E-state index contributed by atoms with van der Waals surface area (Å²) in [6, 6.07) is 70.0. The molecule has 0 atom stereocenters. The van der Waals surface area contributed by atoms with Crippen molar-refractivity contribution in [2.75, 3.05) is 0 Å². The van der Waals surface area contributed by atoms with Crippen molar-refractivity contribution >= 4 is 43.5 Å². The van der Waals surface area contributed by atoms with Gasteiger partial charge in [0, 0.05) is 32.8 Å². The third-order valence-corrected chi connectivity index (χ3v) is 10.9. The number of hydrogen-bond acceptors (Lipinski definition) is 4. The van der Waals surface area contributed by atoms with Gasteiger partial charge in [0.2, 0.25) is 0 Å². The predicted molar refractivity (Wildman–Crippen MR) is 235 cm³/mol. The third kappa shape index (κ3) is 5.83. The van der Waals surface area contributed by atoms with E-state index in [-0.39, 0.29) is 0 Å². The van der Waals surface area contributed by atoms with Crippen molar-refractivity contribution < 1.29 is 4.42 Å². The van der Waals surface area contributed by atoms with Crippen LogP contribution in [-0.4, -0.2) is 15.0 Å². The van der Waals surface area contributed by atoms with Crippen LogP contribution in [0.1, 0.15) is 0 Å². The molecule has 0 bridgehead atoms. The molecule has 11 aromatic rings. The van der Waals surface area contributed by atoms with Crippen molar-refractivity contribution in [1.82, 2.24) is 15.0 Å². The molecule has 0 N–H and O–H groups in total. The Morgan fingerprint density at radius 2 is 0.772 bits per heavy atom. The minimum Gasteiger partial charge on any atom is -0.455 e. The number of furan rings is 1. The van der Waals surface area contributed by atoms with Crippen molar-refractivity contribution in [3.8, 4) is 67.5 Å². The van der Waals surface area contributed by atoms with Gasteiger partial charge in [-0.25, -0.2) is 15.0 Å². The fourth-order valence-electron chi connectivity index (χ4n) is 8.09. The van der Waals surface area contributed by atoms with Gasteiger partial charge in [-0.15, -0.1) is 0 Å². The molecule has 266 valence electrons. The molecule has 0 saturated carbocycles. The van der Waals surface area contributed by atoms with E-state index in [0.29, 0.717) is 17.5 Å². The summed E-state index contributed by atoms with van der Waals surface area (Å²) in [4.78, 5) is 14.7. The minimum atomic E-state index is 0.638. The lowest BCUT2D eigenvalue weighted by Gasteiger charge is -2.11. The summed E-state index contributed by atoms with van der Waals surface area (Å²) < 4.78 is 6.73. The third-order valence-electron chi connectivity index (χ3n) is 10.9. The van der Waals surface area contributed by atoms with Gasteiger partial charge in [-0.05, 0) is 73.8 Å². The summed E-state index contributed by atoms with van der Waals surface area (Å²) in [5.41, 5.74) is 11.5. The Bertz CT molecular complexity index is 3220. The first-order chi connectivity index (χ1) is 28.2. The van der Waals surface area contributed by atoms with Crippen molar-refractivity contribution in [3.05, 3.63) is 200 Å². The number of nitrogens with zero attached hydrogens (tertiary/aromatic N) is 3. The fraction of sp³-hybridized carbons (Fsp3) is 0. The topological polar surface area (TPSA) is 51.8 Å². The number of fused-ring (bicyclic) bond motifs is 6. The standard InChI is InChI=1S/C53H33N3O/c1-3-14-36(15-4-1)51-54-52(37-16-5-2-6-17-37)56-53(55-51)38-27-25-34(26-28-38)39-19-11-20-40(31-39)41-29-30-45-48-33-47(43-24-12-18-35-13-7-8-21-42(35)43)44-22-9-10-23-46(44)50(48)57-49(45)32-41/h1-33H. The average Bonchev–Trinajstić information content (AvgIpc) is 3.67. The lowest BCUT2D eigenvalue weighted by molar-refractivity contribution is 0.673. The molecule has 4 heteroatoms. The van der Waals surface area contributed by atoms with E-state index >= 15 is 0 Å². The molecule has 2 heterocycles. The van der Waals surface area contributed by atoms with Gasteiger partial charge in [0.1, 0.15) is 11.2 Å². The zero-order valence-electron chi connectivity index (χ0n) is 30.8. The lowest BCUT2D eigenvalue weighted by atomic mass is 9.92. The van der Waals surface area contributed by atoms with Gasteiger partial charge in [-0.1, -0.05) is 176 Å². The zero-order valence-corrected chi connectivity index (χ0v) is 30.8. The van der Waals surface area contributed by atoms with Gasteiger partial charge in [0.05, 0.1) is 0 Å². The number of hydrogen-bond donors (Lipinski definition) is 0. The van der Waals surface area contributed by atoms with Gasteiger partial charge < -0.3 is 4.42 Å². The molecular formula is C53H33N3O. The van der Waals surface area contributed by atoms with Crippen LogP contribution in [0.15, 0.2) is 205 Å². The van der Waals surface area contributed by atoms with Crippen LogP contribution in [0.2, 0.25) is 0 Å². The van der Waals surface area contributed by atoms with Crippen LogP contribution < -0.4 is 0 Å². The summed E-state index contributed by atoms with van der Waals surface area (Å²) >= 11 is 0. The first kappa shape index (κ1) is 32.7. The molecule has 0 fully saturated rings. The Balaban J connectivity index is 0.954. The highest BCUT2D eigenvalue weighted by Crippen LogP contribution is 2.42. The Morgan fingerprint density at radius 3 is 1.47 bits per heavy atom. The number of rotatable bonds is 6. The van der Waals surface area contributed by atoms with Gasteiger partial charge in [-0.3, -0.25) is 0 Å². The summed E-state index contributed by atoms with van der Waals surface area (Å²) in [7, 11) is 0. The molecule has 0 aliphatic heterocycles. The molecule has 0 aliphatic carbocycles. The number of benzene rings is 9. The molecule has 57 heavy (non-hydrogen) atoms. The largest absolute Gasteiger partial charge is 0.455 e. The normalized spacial score (nSPS) is 11.5. The maximum Gasteiger partial charge on any atom is 0.164 e. The second-order valence-electron chi connectivity index (χ2n) is 14.4. The highest BCUT2D eigenvalue weighted by atomic mass is 16.3. The van der Waals surface area contributed by atoms with Crippen molar-refractivity contribution in [3.63, 3.8) is 0 Å². The van der Waals surface area contributed by atoms with E-state index in [2.05, 4.69) is 140 Å². The highest BCUT2D eigenvalue weighted by Gasteiger charge is 2.17. The molecular weight excluding hydrogens is 695 g/mol. The Morgan fingerprint density at radius 1 is 0.281 bits per heavy atom. The van der Waals surface area contributed by atoms with Crippen molar-refractivity contribution in [1.29, 1.82) is 0 Å². The lowest BCUT2D eigenvalue weighted by Crippen LogP contribution is -2.00. The molecule has 11 rings (SSSR count). The molecule has 0 aliphatic rings. The Hall–Kier alpha value is -7.69. The first-order valence-corrected chi connectivity index (χ1v) is 19.2. The molecule has 0 spiro atoms. The van der Waals surface area contributed by atoms with Gasteiger partial charge >= 0.3 is 0 Å². The van der Waals surface area contributed by atoms with E-state index in [9.17, 15) is 0 Å². The maximum absolute atomic E-state index is 6.73. The molecule has 2 aromatic heterocycles. The Labute approximate surface area is 329 Å². The molecule has 9 aromatic carbocycles. The van der Waals surface area contributed by atoms with E-state index in [1.54, 1.807) is 0 Å². The summed E-state index contributed by atoms with van der Waals surface area (Å²) in [5, 5.41) is 7.01.